The standard InChI is InChI=1S/C13H17ClN4O/c1-9-7-10(14)3-4-11(9)13-17-16-12(8-15)18(13)5-6-19-2/h3-4,7H,5-6,8,15H2,1-2H3. The second-order valence-electron chi connectivity index (χ2n) is 4.25. The smallest absolute Gasteiger partial charge is 0.164 e. The van der Waals surface area contributed by atoms with Crippen LogP contribution in [0.15, 0.2) is 18.2 Å². The Balaban J connectivity index is 2.46. The van der Waals surface area contributed by atoms with Gasteiger partial charge in [-0.05, 0) is 30.7 Å². The molecule has 0 aliphatic carbocycles. The number of aryl methyl sites for hydroxylation is 1. The Labute approximate surface area is 117 Å². The van der Waals surface area contributed by atoms with Crippen LogP contribution in [0.2, 0.25) is 5.02 Å². The van der Waals surface area contributed by atoms with E-state index in [1.807, 2.05) is 29.7 Å². The summed E-state index contributed by atoms with van der Waals surface area (Å²) in [6, 6.07) is 5.71. The van der Waals surface area contributed by atoms with Crippen molar-refractivity contribution in [2.75, 3.05) is 13.7 Å². The highest BCUT2D eigenvalue weighted by atomic mass is 35.5. The first-order chi connectivity index (χ1) is 9.17. The monoisotopic (exact) mass is 280 g/mol. The molecule has 1 aromatic heterocycles. The molecule has 0 atom stereocenters. The lowest BCUT2D eigenvalue weighted by Crippen LogP contribution is -2.13. The Morgan fingerprint density at radius 1 is 1.37 bits per heavy atom. The van der Waals surface area contributed by atoms with Gasteiger partial charge in [-0.3, -0.25) is 0 Å². The van der Waals surface area contributed by atoms with Crippen LogP contribution >= 0.6 is 11.6 Å². The second kappa shape index (κ2) is 6.14. The molecule has 0 unspecified atom stereocenters. The average molecular weight is 281 g/mol. The zero-order chi connectivity index (χ0) is 13.8. The molecule has 0 saturated carbocycles. The first kappa shape index (κ1) is 14.0. The van der Waals surface area contributed by atoms with Gasteiger partial charge in [0, 0.05) is 24.2 Å². The van der Waals surface area contributed by atoms with Crippen LogP contribution in [0.4, 0.5) is 0 Å². The highest BCUT2D eigenvalue weighted by Crippen LogP contribution is 2.25. The summed E-state index contributed by atoms with van der Waals surface area (Å²) in [6.45, 7) is 3.61. The van der Waals surface area contributed by atoms with Crippen LogP contribution in [-0.2, 0) is 17.8 Å². The lowest BCUT2D eigenvalue weighted by Gasteiger charge is -2.10. The molecule has 102 valence electrons. The Morgan fingerprint density at radius 3 is 2.79 bits per heavy atom. The largest absolute Gasteiger partial charge is 0.383 e. The summed E-state index contributed by atoms with van der Waals surface area (Å²) in [7, 11) is 1.67. The van der Waals surface area contributed by atoms with E-state index >= 15 is 0 Å². The number of hydrogen-bond acceptors (Lipinski definition) is 4. The van der Waals surface area contributed by atoms with Gasteiger partial charge in [0.1, 0.15) is 5.82 Å². The molecular weight excluding hydrogens is 264 g/mol. The molecule has 0 saturated heterocycles. The normalized spacial score (nSPS) is 10.9. The third kappa shape index (κ3) is 2.94. The number of rotatable bonds is 5. The van der Waals surface area contributed by atoms with E-state index in [2.05, 4.69) is 10.2 Å². The average Bonchev–Trinajstić information content (AvgIpc) is 2.79. The quantitative estimate of drug-likeness (QED) is 0.910. The number of nitrogens with two attached hydrogens (primary N) is 1. The van der Waals surface area contributed by atoms with E-state index in [1.165, 1.54) is 0 Å². The molecule has 1 heterocycles. The molecule has 19 heavy (non-hydrogen) atoms. The minimum Gasteiger partial charge on any atom is -0.383 e. The molecule has 0 spiro atoms. The number of benzene rings is 1. The molecule has 2 N–H and O–H groups in total. The zero-order valence-corrected chi connectivity index (χ0v) is 11.8. The zero-order valence-electron chi connectivity index (χ0n) is 11.1. The minimum absolute atomic E-state index is 0.351. The van der Waals surface area contributed by atoms with Gasteiger partial charge in [-0.25, -0.2) is 0 Å². The van der Waals surface area contributed by atoms with Gasteiger partial charge in [-0.1, -0.05) is 11.6 Å². The van der Waals surface area contributed by atoms with Crippen LogP contribution < -0.4 is 5.73 Å². The summed E-state index contributed by atoms with van der Waals surface area (Å²) in [5.41, 5.74) is 7.76. The van der Waals surface area contributed by atoms with Crippen molar-refractivity contribution in [2.24, 2.45) is 5.73 Å². The van der Waals surface area contributed by atoms with Crippen LogP contribution in [0.1, 0.15) is 11.4 Å². The predicted octanol–water partition coefficient (Wildman–Crippen LogP) is 2.01. The molecule has 0 aliphatic rings. The fraction of sp³-hybridized carbons (Fsp3) is 0.385. The van der Waals surface area contributed by atoms with E-state index < -0.39 is 0 Å². The lowest BCUT2D eigenvalue weighted by molar-refractivity contribution is 0.186. The van der Waals surface area contributed by atoms with Gasteiger partial charge in [0.25, 0.3) is 0 Å². The van der Waals surface area contributed by atoms with Crippen LogP contribution in [0.3, 0.4) is 0 Å². The van der Waals surface area contributed by atoms with Gasteiger partial charge in [-0.2, -0.15) is 0 Å². The maximum Gasteiger partial charge on any atom is 0.164 e. The van der Waals surface area contributed by atoms with Gasteiger partial charge in [0.2, 0.25) is 0 Å². The summed E-state index contributed by atoms with van der Waals surface area (Å²) < 4.78 is 7.10. The summed E-state index contributed by atoms with van der Waals surface area (Å²) in [5.74, 6) is 1.55. The molecule has 2 aromatic rings. The first-order valence-electron chi connectivity index (χ1n) is 6.05. The molecule has 1 aromatic carbocycles. The van der Waals surface area contributed by atoms with Gasteiger partial charge in [0.05, 0.1) is 13.2 Å². The first-order valence-corrected chi connectivity index (χ1v) is 6.42. The molecule has 0 bridgehead atoms. The van der Waals surface area contributed by atoms with Gasteiger partial charge in [0.15, 0.2) is 5.82 Å². The van der Waals surface area contributed by atoms with Crippen molar-refractivity contribution in [3.05, 3.63) is 34.6 Å². The molecule has 0 amide bonds. The molecule has 2 rings (SSSR count). The van der Waals surface area contributed by atoms with E-state index in [4.69, 9.17) is 22.1 Å². The molecule has 0 aliphatic heterocycles. The number of ether oxygens (including phenoxy) is 1. The minimum atomic E-state index is 0.351. The van der Waals surface area contributed by atoms with E-state index in [-0.39, 0.29) is 0 Å². The van der Waals surface area contributed by atoms with Crippen molar-refractivity contribution in [3.8, 4) is 11.4 Å². The molecule has 6 heteroatoms. The van der Waals surface area contributed by atoms with Crippen LogP contribution in [0, 0.1) is 6.92 Å². The number of hydrogen-bond donors (Lipinski definition) is 1. The fourth-order valence-electron chi connectivity index (χ4n) is 1.98. The van der Waals surface area contributed by atoms with Crippen LogP contribution in [-0.4, -0.2) is 28.5 Å². The molecule has 0 radical (unpaired) electrons. The number of methoxy groups -OCH3 is 1. The summed E-state index contributed by atoms with van der Waals surface area (Å²) >= 11 is 5.98. The maximum absolute atomic E-state index is 5.98. The van der Waals surface area contributed by atoms with Crippen LogP contribution in [0.25, 0.3) is 11.4 Å². The fourth-order valence-corrected chi connectivity index (χ4v) is 2.21. The van der Waals surface area contributed by atoms with E-state index in [9.17, 15) is 0 Å². The van der Waals surface area contributed by atoms with Crippen LogP contribution in [0.5, 0.6) is 0 Å². The molecular formula is C13H17ClN4O. The van der Waals surface area contributed by atoms with Crippen molar-refractivity contribution >= 4 is 11.6 Å². The van der Waals surface area contributed by atoms with E-state index in [0.29, 0.717) is 24.7 Å². The second-order valence-corrected chi connectivity index (χ2v) is 4.68. The summed E-state index contributed by atoms with van der Waals surface area (Å²) in [5, 5.41) is 9.07. The third-order valence-electron chi connectivity index (χ3n) is 2.96. The van der Waals surface area contributed by atoms with Crippen molar-refractivity contribution in [1.29, 1.82) is 0 Å². The lowest BCUT2D eigenvalue weighted by atomic mass is 10.1. The maximum atomic E-state index is 5.98. The summed E-state index contributed by atoms with van der Waals surface area (Å²) in [4.78, 5) is 0. The molecule has 0 fully saturated rings. The SMILES string of the molecule is COCCn1c(CN)nnc1-c1ccc(Cl)cc1C. The van der Waals surface area contributed by atoms with Crippen molar-refractivity contribution in [2.45, 2.75) is 20.0 Å². The Bertz CT molecular complexity index is 568. The van der Waals surface area contributed by atoms with Gasteiger partial charge >= 0.3 is 0 Å². The van der Waals surface area contributed by atoms with Crippen molar-refractivity contribution in [3.63, 3.8) is 0 Å². The topological polar surface area (TPSA) is 66.0 Å². The Hall–Kier alpha value is -1.43. The Kier molecular flexibility index (Phi) is 4.52. The number of nitrogens with zero attached hydrogens (tertiary/aromatic N) is 3. The predicted molar refractivity (Wildman–Crippen MR) is 75.0 cm³/mol. The third-order valence-corrected chi connectivity index (χ3v) is 3.19. The Morgan fingerprint density at radius 2 is 2.16 bits per heavy atom. The van der Waals surface area contributed by atoms with Gasteiger partial charge in [-0.15, -0.1) is 10.2 Å². The highest BCUT2D eigenvalue weighted by molar-refractivity contribution is 6.30. The van der Waals surface area contributed by atoms with Crippen molar-refractivity contribution in [1.82, 2.24) is 14.8 Å². The van der Waals surface area contributed by atoms with Gasteiger partial charge < -0.3 is 15.0 Å². The number of aromatic nitrogens is 3. The van der Waals surface area contributed by atoms with Crippen molar-refractivity contribution < 1.29 is 4.74 Å². The van der Waals surface area contributed by atoms with E-state index in [1.54, 1.807) is 7.11 Å². The highest BCUT2D eigenvalue weighted by Gasteiger charge is 2.14. The number of halogens is 1. The van der Waals surface area contributed by atoms with E-state index in [0.717, 1.165) is 22.8 Å². The molecule has 5 nitrogen and oxygen atoms in total. The summed E-state index contributed by atoms with van der Waals surface area (Å²) in [6.07, 6.45) is 0.